The molecule has 3 aromatic rings. The number of ether oxygens (including phenoxy) is 2. The Kier molecular flexibility index (Phi) is 7.20. The van der Waals surface area contributed by atoms with E-state index >= 15 is 0 Å². The van der Waals surface area contributed by atoms with E-state index in [1.807, 2.05) is 0 Å². The number of amides is 1. The Morgan fingerprint density at radius 2 is 1.80 bits per heavy atom. The van der Waals surface area contributed by atoms with Crippen molar-refractivity contribution in [3.8, 4) is 5.75 Å². The lowest BCUT2D eigenvalue weighted by Gasteiger charge is -2.34. The number of carbonyl (C=O) groups is 2. The second-order valence-electron chi connectivity index (χ2n) is 7.47. The first-order chi connectivity index (χ1) is 16.7. The quantitative estimate of drug-likeness (QED) is 0.457. The molecule has 11 heteroatoms. The van der Waals surface area contributed by atoms with Gasteiger partial charge in [-0.3, -0.25) is 9.10 Å². The molecule has 0 aromatic heterocycles. The molecule has 182 valence electrons. The average molecular weight is 535 g/mol. The molecule has 0 saturated carbocycles. The van der Waals surface area contributed by atoms with Crippen molar-refractivity contribution in [2.45, 2.75) is 17.9 Å². The number of esters is 1. The summed E-state index contributed by atoms with van der Waals surface area (Å²) >= 11 is 12.2. The largest absolute Gasteiger partial charge is 0.476 e. The first kappa shape index (κ1) is 24.8. The van der Waals surface area contributed by atoms with Gasteiger partial charge in [-0.05, 0) is 61.5 Å². The van der Waals surface area contributed by atoms with Gasteiger partial charge < -0.3 is 14.8 Å². The van der Waals surface area contributed by atoms with E-state index in [0.29, 0.717) is 10.7 Å². The molecule has 1 atom stereocenters. The Morgan fingerprint density at radius 3 is 2.49 bits per heavy atom. The molecule has 0 spiro atoms. The fourth-order valence-corrected chi connectivity index (χ4v) is 5.30. The van der Waals surface area contributed by atoms with Crippen LogP contribution in [0.1, 0.15) is 17.3 Å². The third kappa shape index (κ3) is 5.22. The standard InChI is InChI=1S/C24H20Cl2N2O6S/c1-2-33-24(30)15-7-12-19(18(26)13-15)27-23(29)22-14-28(20-5-3-4-6-21(20)34-22)35(31,32)17-10-8-16(25)9-11-17/h3-13,22H,2,14H2,1H3,(H,27,29)/t22-/m0/s1. The zero-order valence-electron chi connectivity index (χ0n) is 18.4. The Bertz CT molecular complexity index is 1380. The van der Waals surface area contributed by atoms with E-state index in [0.717, 1.165) is 4.31 Å². The van der Waals surface area contributed by atoms with Crippen LogP contribution in [0.15, 0.2) is 71.6 Å². The van der Waals surface area contributed by atoms with Crippen LogP contribution in [0.2, 0.25) is 10.0 Å². The molecule has 0 fully saturated rings. The summed E-state index contributed by atoms with van der Waals surface area (Å²) in [6, 6.07) is 16.6. The average Bonchev–Trinajstić information content (AvgIpc) is 2.84. The second-order valence-corrected chi connectivity index (χ2v) is 10.2. The minimum atomic E-state index is -4.02. The van der Waals surface area contributed by atoms with Crippen LogP contribution < -0.4 is 14.4 Å². The monoisotopic (exact) mass is 534 g/mol. The fourth-order valence-electron chi connectivity index (χ4n) is 3.47. The van der Waals surface area contributed by atoms with Gasteiger partial charge in [0.15, 0.2) is 6.10 Å². The molecule has 1 heterocycles. The summed E-state index contributed by atoms with van der Waals surface area (Å²) in [5, 5.41) is 3.16. The lowest BCUT2D eigenvalue weighted by molar-refractivity contribution is -0.122. The van der Waals surface area contributed by atoms with Gasteiger partial charge in [-0.15, -0.1) is 0 Å². The van der Waals surface area contributed by atoms with Crippen molar-refractivity contribution in [1.29, 1.82) is 0 Å². The van der Waals surface area contributed by atoms with E-state index in [-0.39, 0.29) is 40.1 Å². The first-order valence-corrected chi connectivity index (χ1v) is 12.7. The van der Waals surface area contributed by atoms with Gasteiger partial charge in [0.05, 0.1) is 40.0 Å². The number of hydrogen-bond acceptors (Lipinski definition) is 6. The maximum absolute atomic E-state index is 13.4. The molecule has 1 aliphatic heterocycles. The highest BCUT2D eigenvalue weighted by molar-refractivity contribution is 7.92. The number of nitrogens with zero attached hydrogens (tertiary/aromatic N) is 1. The molecule has 1 N–H and O–H groups in total. The van der Waals surface area contributed by atoms with Gasteiger partial charge in [0, 0.05) is 5.02 Å². The first-order valence-electron chi connectivity index (χ1n) is 10.5. The van der Waals surface area contributed by atoms with Crippen LogP contribution in [-0.2, 0) is 19.6 Å². The summed E-state index contributed by atoms with van der Waals surface area (Å²) in [5.74, 6) is -0.913. The normalized spacial score (nSPS) is 15.1. The molecule has 8 nitrogen and oxygen atoms in total. The number of rotatable bonds is 6. The van der Waals surface area contributed by atoms with E-state index < -0.39 is 28.0 Å². The van der Waals surface area contributed by atoms with E-state index in [4.69, 9.17) is 32.7 Å². The molecular formula is C24H20Cl2N2O6S. The molecule has 1 aliphatic rings. The molecule has 0 unspecified atom stereocenters. The van der Waals surface area contributed by atoms with E-state index in [2.05, 4.69) is 5.32 Å². The summed E-state index contributed by atoms with van der Waals surface area (Å²) in [6.45, 7) is 1.63. The van der Waals surface area contributed by atoms with Crippen molar-refractivity contribution in [1.82, 2.24) is 0 Å². The number of halogens is 2. The van der Waals surface area contributed by atoms with Gasteiger partial charge in [0.25, 0.3) is 15.9 Å². The van der Waals surface area contributed by atoms with Crippen molar-refractivity contribution in [3.63, 3.8) is 0 Å². The predicted molar refractivity (Wildman–Crippen MR) is 133 cm³/mol. The maximum Gasteiger partial charge on any atom is 0.338 e. The van der Waals surface area contributed by atoms with Crippen molar-refractivity contribution in [2.75, 3.05) is 22.8 Å². The van der Waals surface area contributed by atoms with Crippen LogP contribution in [0, 0.1) is 0 Å². The molecule has 1 amide bonds. The number of sulfonamides is 1. The third-order valence-corrected chi connectivity index (χ3v) is 7.53. The molecule has 0 radical (unpaired) electrons. The van der Waals surface area contributed by atoms with Gasteiger partial charge in [-0.1, -0.05) is 35.3 Å². The number of fused-ring (bicyclic) bond motifs is 1. The van der Waals surface area contributed by atoms with Crippen LogP contribution in [0.4, 0.5) is 11.4 Å². The van der Waals surface area contributed by atoms with Crippen LogP contribution in [0.25, 0.3) is 0 Å². The minimum absolute atomic E-state index is 0.0235. The highest BCUT2D eigenvalue weighted by Gasteiger charge is 2.37. The molecular weight excluding hydrogens is 515 g/mol. The highest BCUT2D eigenvalue weighted by atomic mass is 35.5. The number of para-hydroxylation sites is 2. The van der Waals surface area contributed by atoms with E-state index in [1.165, 1.54) is 42.5 Å². The summed E-state index contributed by atoms with van der Waals surface area (Å²) in [4.78, 5) is 25.0. The number of anilines is 2. The summed E-state index contributed by atoms with van der Waals surface area (Å²) in [6.07, 6.45) is -1.17. The van der Waals surface area contributed by atoms with Crippen molar-refractivity contribution in [3.05, 3.63) is 82.3 Å². The van der Waals surface area contributed by atoms with Crippen LogP contribution in [-0.4, -0.2) is 39.5 Å². The zero-order valence-corrected chi connectivity index (χ0v) is 20.7. The number of nitrogens with one attached hydrogen (secondary N) is 1. The smallest absolute Gasteiger partial charge is 0.338 e. The molecule has 3 aromatic carbocycles. The molecule has 0 aliphatic carbocycles. The van der Waals surface area contributed by atoms with Crippen LogP contribution in [0.5, 0.6) is 5.75 Å². The van der Waals surface area contributed by atoms with Gasteiger partial charge >= 0.3 is 5.97 Å². The Hall–Kier alpha value is -3.27. The predicted octanol–water partition coefficient (Wildman–Crippen LogP) is 4.77. The molecule has 0 bridgehead atoms. The van der Waals surface area contributed by atoms with Crippen molar-refractivity contribution < 1.29 is 27.5 Å². The van der Waals surface area contributed by atoms with Gasteiger partial charge in [-0.2, -0.15) is 0 Å². The van der Waals surface area contributed by atoms with E-state index in [9.17, 15) is 18.0 Å². The zero-order chi connectivity index (χ0) is 25.2. The number of hydrogen-bond donors (Lipinski definition) is 1. The lowest BCUT2D eigenvalue weighted by atomic mass is 10.2. The van der Waals surface area contributed by atoms with Gasteiger partial charge in [-0.25, -0.2) is 13.2 Å². The number of benzene rings is 3. The van der Waals surface area contributed by atoms with Gasteiger partial charge in [0.1, 0.15) is 5.75 Å². The maximum atomic E-state index is 13.4. The third-order valence-electron chi connectivity index (χ3n) is 5.17. The summed E-state index contributed by atoms with van der Waals surface area (Å²) in [7, 11) is -4.02. The minimum Gasteiger partial charge on any atom is -0.476 e. The Morgan fingerprint density at radius 1 is 1.09 bits per heavy atom. The fraction of sp³-hybridized carbons (Fsp3) is 0.167. The summed E-state index contributed by atoms with van der Waals surface area (Å²) < 4.78 is 38.8. The highest BCUT2D eigenvalue weighted by Crippen LogP contribution is 2.37. The topological polar surface area (TPSA) is 102 Å². The van der Waals surface area contributed by atoms with Crippen LogP contribution in [0.3, 0.4) is 0 Å². The van der Waals surface area contributed by atoms with Crippen molar-refractivity contribution >= 4 is 56.5 Å². The Balaban J connectivity index is 1.60. The molecule has 0 saturated heterocycles. The summed E-state index contributed by atoms with van der Waals surface area (Å²) in [5.41, 5.74) is 0.778. The SMILES string of the molecule is CCOC(=O)c1ccc(NC(=O)[C@@H]2CN(S(=O)(=O)c3ccc(Cl)cc3)c3ccccc3O2)c(Cl)c1. The Labute approximate surface area is 212 Å². The number of carbonyl (C=O) groups excluding carboxylic acids is 2. The van der Waals surface area contributed by atoms with E-state index in [1.54, 1.807) is 31.2 Å². The second kappa shape index (κ2) is 10.2. The van der Waals surface area contributed by atoms with Crippen LogP contribution >= 0.6 is 23.2 Å². The molecule has 35 heavy (non-hydrogen) atoms. The molecule has 4 rings (SSSR count). The van der Waals surface area contributed by atoms with Crippen molar-refractivity contribution in [2.24, 2.45) is 0 Å². The van der Waals surface area contributed by atoms with Gasteiger partial charge in [0.2, 0.25) is 0 Å². The lowest BCUT2D eigenvalue weighted by Crippen LogP contribution is -2.48.